The van der Waals surface area contributed by atoms with Crippen molar-refractivity contribution in [3.8, 4) is 0 Å². The second-order valence-electron chi connectivity index (χ2n) is 8.70. The highest BCUT2D eigenvalue weighted by atomic mass is 16.6. The van der Waals surface area contributed by atoms with Gasteiger partial charge in [-0.05, 0) is 45.6 Å². The van der Waals surface area contributed by atoms with Crippen molar-refractivity contribution in [1.29, 1.82) is 0 Å². The molecule has 1 amide bonds. The van der Waals surface area contributed by atoms with E-state index in [2.05, 4.69) is 43.5 Å². The van der Waals surface area contributed by atoms with Gasteiger partial charge in [-0.1, -0.05) is 83.1 Å². The van der Waals surface area contributed by atoms with Crippen molar-refractivity contribution >= 4 is 12.4 Å². The Morgan fingerprint density at radius 2 is 1.59 bits per heavy atom. The van der Waals surface area contributed by atoms with Gasteiger partial charge in [-0.2, -0.15) is 0 Å². The van der Waals surface area contributed by atoms with Crippen LogP contribution in [0.1, 0.15) is 97.3 Å². The molecule has 186 valence electrons. The summed E-state index contributed by atoms with van der Waals surface area (Å²) in [6.45, 7) is 5.62. The zero-order chi connectivity index (χ0) is 23.9. The molecule has 0 spiro atoms. The van der Waals surface area contributed by atoms with Gasteiger partial charge in [-0.25, -0.2) is 4.79 Å². The highest BCUT2D eigenvalue weighted by molar-refractivity contribution is 5.71. The molecule has 5 heteroatoms. The molecule has 0 saturated heterocycles. The number of carbonyl (C=O) groups is 2. The number of likely N-dealkylation sites (N-methyl/N-ethyl adjacent to an activating group) is 2. The Labute approximate surface area is 198 Å². The molecule has 0 aromatic heterocycles. The lowest BCUT2D eigenvalue weighted by molar-refractivity contribution is -0.118. The van der Waals surface area contributed by atoms with E-state index in [1.54, 1.807) is 7.05 Å². The van der Waals surface area contributed by atoms with Gasteiger partial charge in [0.1, 0.15) is 0 Å². The first-order chi connectivity index (χ1) is 15.6. The number of carbonyl (C=O) groups excluding carboxylic acids is 2. The van der Waals surface area contributed by atoms with Gasteiger partial charge in [0, 0.05) is 26.1 Å². The molecule has 2 atom stereocenters. The molecule has 0 fully saturated rings. The number of hydrogen-bond donors (Lipinski definition) is 1. The molecule has 32 heavy (non-hydrogen) atoms. The molecule has 0 bridgehead atoms. The third-order valence-electron chi connectivity index (χ3n) is 5.81. The van der Waals surface area contributed by atoms with Gasteiger partial charge in [0.05, 0.1) is 0 Å². The summed E-state index contributed by atoms with van der Waals surface area (Å²) in [6, 6.07) is 0. The van der Waals surface area contributed by atoms with Gasteiger partial charge in [0.2, 0.25) is 0 Å². The Morgan fingerprint density at radius 1 is 0.938 bits per heavy atom. The summed E-state index contributed by atoms with van der Waals surface area (Å²) in [7, 11) is 3.56. The normalized spacial score (nSPS) is 13.5. The van der Waals surface area contributed by atoms with Gasteiger partial charge in [-0.15, -0.1) is 0 Å². The Balaban J connectivity index is 4.54. The van der Waals surface area contributed by atoms with Crippen LogP contribution in [0.2, 0.25) is 0 Å². The Kier molecular flexibility index (Phi) is 21.4. The second-order valence-corrected chi connectivity index (χ2v) is 8.70. The van der Waals surface area contributed by atoms with E-state index in [0.717, 1.165) is 64.1 Å². The summed E-state index contributed by atoms with van der Waals surface area (Å²) in [4.78, 5) is 25.7. The summed E-state index contributed by atoms with van der Waals surface area (Å²) in [5, 5.41) is 3.02. The topological polar surface area (TPSA) is 58.6 Å². The number of amides is 1. The predicted molar refractivity (Wildman–Crippen MR) is 136 cm³/mol. The minimum atomic E-state index is -0.643. The Bertz CT molecular complexity index is 505. The van der Waals surface area contributed by atoms with Gasteiger partial charge in [0.15, 0.2) is 12.4 Å². The molecule has 0 rings (SSSR count). The summed E-state index contributed by atoms with van der Waals surface area (Å²) >= 11 is 0. The average molecular weight is 451 g/mol. The molecule has 0 heterocycles. The number of nitrogens with zero attached hydrogens (tertiary/aromatic N) is 1. The summed E-state index contributed by atoms with van der Waals surface area (Å²) < 4.78 is 5.61. The second kappa shape index (κ2) is 22.6. The van der Waals surface area contributed by atoms with E-state index >= 15 is 0 Å². The lowest BCUT2D eigenvalue weighted by atomic mass is 9.90. The molecular formula is C27H50N2O3. The average Bonchev–Trinajstić information content (AvgIpc) is 2.80. The number of rotatable bonds is 21. The number of aldehydes is 1. The van der Waals surface area contributed by atoms with Gasteiger partial charge >= 0.3 is 6.09 Å². The van der Waals surface area contributed by atoms with E-state index in [-0.39, 0.29) is 5.92 Å². The number of hydrogen-bond acceptors (Lipinski definition) is 4. The van der Waals surface area contributed by atoms with Crippen molar-refractivity contribution in [2.24, 2.45) is 5.92 Å². The van der Waals surface area contributed by atoms with Gasteiger partial charge < -0.3 is 15.0 Å². The molecule has 0 aliphatic rings. The molecule has 2 unspecified atom stereocenters. The molecule has 0 saturated carbocycles. The van der Waals surface area contributed by atoms with E-state index < -0.39 is 12.2 Å². The fourth-order valence-corrected chi connectivity index (χ4v) is 3.70. The Morgan fingerprint density at radius 3 is 2.22 bits per heavy atom. The highest BCUT2D eigenvalue weighted by Gasteiger charge is 2.25. The van der Waals surface area contributed by atoms with Crippen LogP contribution in [0.3, 0.4) is 0 Å². The first-order valence-corrected chi connectivity index (χ1v) is 12.9. The highest BCUT2D eigenvalue weighted by Crippen LogP contribution is 2.23. The van der Waals surface area contributed by atoms with Crippen molar-refractivity contribution in [3.05, 3.63) is 24.3 Å². The van der Waals surface area contributed by atoms with Crippen molar-refractivity contribution in [2.75, 3.05) is 27.2 Å². The van der Waals surface area contributed by atoms with Crippen LogP contribution in [-0.2, 0) is 9.53 Å². The van der Waals surface area contributed by atoms with Crippen molar-refractivity contribution < 1.29 is 14.3 Å². The third-order valence-corrected chi connectivity index (χ3v) is 5.81. The fourth-order valence-electron chi connectivity index (χ4n) is 3.70. The third kappa shape index (κ3) is 17.0. The maximum atomic E-state index is 12.4. The minimum absolute atomic E-state index is 0.116. The molecule has 0 radical (unpaired) electrons. The van der Waals surface area contributed by atoms with Crippen LogP contribution in [-0.4, -0.2) is 50.6 Å². The van der Waals surface area contributed by atoms with E-state index in [9.17, 15) is 9.59 Å². The molecule has 5 nitrogen and oxygen atoms in total. The summed E-state index contributed by atoms with van der Waals surface area (Å²) in [6.07, 6.45) is 23.2. The van der Waals surface area contributed by atoms with Crippen LogP contribution in [0.15, 0.2) is 24.3 Å². The quantitative estimate of drug-likeness (QED) is 0.120. The van der Waals surface area contributed by atoms with Crippen LogP contribution in [0.4, 0.5) is 4.79 Å². The largest absolute Gasteiger partial charge is 0.438 e. The van der Waals surface area contributed by atoms with Crippen molar-refractivity contribution in [1.82, 2.24) is 10.2 Å². The van der Waals surface area contributed by atoms with Crippen molar-refractivity contribution in [2.45, 2.75) is 103 Å². The van der Waals surface area contributed by atoms with Crippen LogP contribution in [0, 0.1) is 5.92 Å². The van der Waals surface area contributed by atoms with E-state index in [1.165, 1.54) is 30.6 Å². The number of ether oxygens (including phenoxy) is 1. The lowest BCUT2D eigenvalue weighted by Crippen LogP contribution is -2.38. The predicted octanol–water partition coefficient (Wildman–Crippen LogP) is 6.68. The SMILES string of the molecule is CCC=CCC=CCCCCCC(CCCCCCC)C(C=O)OC(=O)N(C)CCNC. The van der Waals surface area contributed by atoms with E-state index in [0.29, 0.717) is 13.1 Å². The smallest absolute Gasteiger partial charge is 0.410 e. The zero-order valence-corrected chi connectivity index (χ0v) is 21.3. The molecule has 0 aliphatic heterocycles. The number of nitrogens with one attached hydrogen (secondary N) is 1. The van der Waals surface area contributed by atoms with Crippen LogP contribution in [0.5, 0.6) is 0 Å². The molecule has 0 aliphatic carbocycles. The van der Waals surface area contributed by atoms with E-state index in [1.807, 2.05) is 7.05 Å². The summed E-state index contributed by atoms with van der Waals surface area (Å²) in [5.74, 6) is 0.116. The van der Waals surface area contributed by atoms with Crippen LogP contribution < -0.4 is 5.32 Å². The maximum Gasteiger partial charge on any atom is 0.410 e. The van der Waals surface area contributed by atoms with Crippen LogP contribution in [0.25, 0.3) is 0 Å². The number of unbranched alkanes of at least 4 members (excludes halogenated alkanes) is 7. The van der Waals surface area contributed by atoms with E-state index in [4.69, 9.17) is 4.74 Å². The molecular weight excluding hydrogens is 400 g/mol. The van der Waals surface area contributed by atoms with Gasteiger partial charge in [-0.3, -0.25) is 4.79 Å². The minimum Gasteiger partial charge on any atom is -0.438 e. The molecule has 0 aromatic rings. The Hall–Kier alpha value is -1.62. The zero-order valence-electron chi connectivity index (χ0n) is 21.3. The lowest BCUT2D eigenvalue weighted by Gasteiger charge is -2.26. The number of allylic oxidation sites excluding steroid dienone is 4. The first kappa shape index (κ1) is 30.4. The fraction of sp³-hybridized carbons (Fsp3) is 0.778. The molecule has 0 aromatic carbocycles. The summed E-state index contributed by atoms with van der Waals surface area (Å²) in [5.41, 5.74) is 0. The first-order valence-electron chi connectivity index (χ1n) is 12.9. The molecule has 1 N–H and O–H groups in total. The van der Waals surface area contributed by atoms with Gasteiger partial charge in [0.25, 0.3) is 0 Å². The van der Waals surface area contributed by atoms with Crippen LogP contribution >= 0.6 is 0 Å². The van der Waals surface area contributed by atoms with Crippen molar-refractivity contribution in [3.63, 3.8) is 0 Å². The maximum absolute atomic E-state index is 12.4. The monoisotopic (exact) mass is 450 g/mol. The standard InChI is InChI=1S/C27H50N2O3/c1-5-7-9-11-12-13-14-15-17-19-21-25(20-18-16-10-8-6-2)26(24-30)32-27(31)29(4)23-22-28-3/h7,9,12-13,24-26,28H,5-6,8,10-11,14-23H2,1-4H3.